The molecule has 6 nitrogen and oxygen atoms in total. The third kappa shape index (κ3) is 4.92. The van der Waals surface area contributed by atoms with Crippen LogP contribution in [0.2, 0.25) is 0 Å². The minimum Gasteiger partial charge on any atom is -0.508 e. The second-order valence-electron chi connectivity index (χ2n) is 6.32. The van der Waals surface area contributed by atoms with E-state index in [2.05, 4.69) is 38.4 Å². The van der Waals surface area contributed by atoms with Gasteiger partial charge in [0.05, 0.1) is 0 Å². The van der Waals surface area contributed by atoms with Gasteiger partial charge in [-0.25, -0.2) is 5.53 Å². The molecule has 0 atom stereocenters. The van der Waals surface area contributed by atoms with E-state index in [0.29, 0.717) is 5.84 Å². The largest absolute Gasteiger partial charge is 0.508 e. The number of hydrogen-bond donors (Lipinski definition) is 4. The molecule has 0 unspecified atom stereocenters. The first-order chi connectivity index (χ1) is 14.1. The number of aryl methyl sites for hydroxylation is 1. The van der Waals surface area contributed by atoms with E-state index in [4.69, 9.17) is 0 Å². The number of hydrazone groups is 1. The summed E-state index contributed by atoms with van der Waals surface area (Å²) in [6.07, 6.45) is 7.54. The van der Waals surface area contributed by atoms with E-state index in [1.165, 1.54) is 0 Å². The van der Waals surface area contributed by atoms with E-state index in [1.807, 2.05) is 63.4 Å². The number of rotatable bonds is 4. The highest BCUT2D eigenvalue weighted by Gasteiger charge is 2.12. The van der Waals surface area contributed by atoms with E-state index >= 15 is 0 Å². The fraction of sp³-hybridized carbons (Fsp3) is 0.130. The average molecular weight is 385 g/mol. The Bertz CT molecular complexity index is 1080. The lowest BCUT2D eigenvalue weighted by atomic mass is 9.96. The predicted octanol–water partition coefficient (Wildman–Crippen LogP) is 3.38. The highest BCUT2D eigenvalue weighted by Crippen LogP contribution is 2.23. The first kappa shape index (κ1) is 19.9. The summed E-state index contributed by atoms with van der Waals surface area (Å²) >= 11 is 0. The Labute approximate surface area is 170 Å². The number of aliphatic imine (C=N–C) groups is 1. The zero-order chi connectivity index (χ0) is 20.6. The van der Waals surface area contributed by atoms with Gasteiger partial charge in [-0.05, 0) is 68.3 Å². The second kappa shape index (κ2) is 9.40. The van der Waals surface area contributed by atoms with E-state index in [9.17, 15) is 5.11 Å². The van der Waals surface area contributed by atoms with Crippen molar-refractivity contribution in [1.29, 1.82) is 0 Å². The van der Waals surface area contributed by atoms with Gasteiger partial charge < -0.3 is 5.11 Å². The molecule has 1 aliphatic heterocycles. The van der Waals surface area contributed by atoms with Crippen molar-refractivity contribution in [3.63, 3.8) is 0 Å². The van der Waals surface area contributed by atoms with Gasteiger partial charge in [0, 0.05) is 34.7 Å². The summed E-state index contributed by atoms with van der Waals surface area (Å²) in [7, 11) is 0. The molecule has 0 spiro atoms. The summed E-state index contributed by atoms with van der Waals surface area (Å²) in [6.45, 7) is 5.77. The number of hydrazine groups is 2. The van der Waals surface area contributed by atoms with Crippen molar-refractivity contribution in [3.05, 3.63) is 82.6 Å². The van der Waals surface area contributed by atoms with Gasteiger partial charge in [0.1, 0.15) is 5.75 Å². The maximum absolute atomic E-state index is 9.61. The molecule has 3 rings (SSSR count). The molecular weight excluding hydrogens is 362 g/mol. The summed E-state index contributed by atoms with van der Waals surface area (Å²) in [5.74, 6) is 7.42. The third-order valence-corrected chi connectivity index (χ3v) is 4.26. The standard InChI is InChI=1S/C23H23N5O/c1-4-6-20(15-24-5-2)22-14-19(23-25-27-28-26-23)10-9-18(22)8-7-17-11-12-21(29)13-16(17)3/h4-6,9-15,27-29H,1-3H3,(H,25,26)/b6-4-,20-15+,24-5?. The molecule has 146 valence electrons. The summed E-state index contributed by atoms with van der Waals surface area (Å²) in [6, 6.07) is 11.2. The maximum Gasteiger partial charge on any atom is 0.170 e. The Morgan fingerprint density at radius 1 is 1.10 bits per heavy atom. The van der Waals surface area contributed by atoms with E-state index in [-0.39, 0.29) is 5.75 Å². The Morgan fingerprint density at radius 3 is 2.59 bits per heavy atom. The third-order valence-electron chi connectivity index (χ3n) is 4.26. The van der Waals surface area contributed by atoms with Crippen molar-refractivity contribution in [2.75, 3.05) is 0 Å². The normalized spacial score (nSPS) is 13.8. The number of phenols is 1. The van der Waals surface area contributed by atoms with Crippen molar-refractivity contribution in [2.24, 2.45) is 10.1 Å². The van der Waals surface area contributed by atoms with E-state index < -0.39 is 0 Å². The molecule has 4 N–H and O–H groups in total. The molecule has 0 radical (unpaired) electrons. The van der Waals surface area contributed by atoms with Crippen LogP contribution in [0, 0.1) is 18.8 Å². The molecule has 6 heteroatoms. The molecular formula is C23H23N5O. The molecule has 0 bridgehead atoms. The fourth-order valence-corrected chi connectivity index (χ4v) is 2.83. The molecule has 0 saturated heterocycles. The smallest absolute Gasteiger partial charge is 0.170 e. The molecule has 0 saturated carbocycles. The number of nitrogens with zero attached hydrogens (tertiary/aromatic N) is 2. The van der Waals surface area contributed by atoms with Gasteiger partial charge in [-0.15, -0.1) is 10.6 Å². The van der Waals surface area contributed by atoms with E-state index in [0.717, 1.165) is 33.4 Å². The summed E-state index contributed by atoms with van der Waals surface area (Å²) in [5.41, 5.74) is 13.9. The average Bonchev–Trinajstić information content (AvgIpc) is 3.25. The number of hydrogen-bond acceptors (Lipinski definition) is 6. The topological polar surface area (TPSA) is 81.0 Å². The lowest BCUT2D eigenvalue weighted by molar-refractivity contribution is 0.475. The molecule has 0 fully saturated rings. The number of amidine groups is 1. The molecule has 29 heavy (non-hydrogen) atoms. The summed E-state index contributed by atoms with van der Waals surface area (Å²) < 4.78 is 0. The van der Waals surface area contributed by atoms with Crippen molar-refractivity contribution < 1.29 is 5.11 Å². The second-order valence-corrected chi connectivity index (χ2v) is 6.32. The number of nitrogens with one attached hydrogen (secondary N) is 3. The van der Waals surface area contributed by atoms with Crippen molar-refractivity contribution in [3.8, 4) is 17.6 Å². The van der Waals surface area contributed by atoms with Crippen LogP contribution >= 0.6 is 0 Å². The van der Waals surface area contributed by atoms with E-state index in [1.54, 1.807) is 18.3 Å². The predicted molar refractivity (Wildman–Crippen MR) is 118 cm³/mol. The van der Waals surface area contributed by atoms with Crippen molar-refractivity contribution in [1.82, 2.24) is 16.5 Å². The summed E-state index contributed by atoms with van der Waals surface area (Å²) in [4.78, 5) is 4.29. The van der Waals surface area contributed by atoms with Crippen LogP contribution in [-0.4, -0.2) is 17.2 Å². The summed E-state index contributed by atoms with van der Waals surface area (Å²) in [5, 5.41) is 13.8. The van der Waals surface area contributed by atoms with Gasteiger partial charge >= 0.3 is 0 Å². The lowest BCUT2D eigenvalue weighted by Crippen LogP contribution is -2.35. The molecule has 1 aliphatic rings. The molecule has 2 aromatic rings. The minimum absolute atomic E-state index is 0.237. The number of aromatic hydroxyl groups is 1. The van der Waals surface area contributed by atoms with Gasteiger partial charge in [0.15, 0.2) is 5.84 Å². The Hall–Kier alpha value is -3.82. The minimum atomic E-state index is 0.237. The molecule has 0 amide bonds. The van der Waals surface area contributed by atoms with Crippen molar-refractivity contribution in [2.45, 2.75) is 20.8 Å². The molecule has 1 heterocycles. The first-order valence-corrected chi connectivity index (χ1v) is 9.23. The number of allylic oxidation sites excluding steroid dienone is 3. The van der Waals surface area contributed by atoms with Crippen LogP contribution in [0.25, 0.3) is 5.57 Å². The number of benzene rings is 2. The van der Waals surface area contributed by atoms with Crippen LogP contribution in [0.15, 0.2) is 64.8 Å². The van der Waals surface area contributed by atoms with Gasteiger partial charge in [-0.1, -0.05) is 24.0 Å². The van der Waals surface area contributed by atoms with Crippen LogP contribution in [-0.2, 0) is 0 Å². The lowest BCUT2D eigenvalue weighted by Gasteiger charge is -2.09. The molecule has 2 aromatic carbocycles. The maximum atomic E-state index is 9.61. The molecule has 0 aromatic heterocycles. The van der Waals surface area contributed by atoms with Crippen molar-refractivity contribution >= 4 is 17.6 Å². The first-order valence-electron chi connectivity index (χ1n) is 9.23. The highest BCUT2D eigenvalue weighted by molar-refractivity contribution is 6.00. The quantitative estimate of drug-likeness (QED) is 0.370. The highest BCUT2D eigenvalue weighted by atomic mass is 16.3. The Balaban J connectivity index is 2.12. The van der Waals surface area contributed by atoms with Gasteiger partial charge in [0.25, 0.3) is 0 Å². The number of phenolic OH excluding ortho intramolecular Hbond substituents is 1. The van der Waals surface area contributed by atoms with Crippen LogP contribution < -0.4 is 16.5 Å². The zero-order valence-electron chi connectivity index (χ0n) is 16.6. The van der Waals surface area contributed by atoms with Crippen LogP contribution in [0.4, 0.5) is 0 Å². The Morgan fingerprint density at radius 2 is 1.90 bits per heavy atom. The fourth-order valence-electron chi connectivity index (χ4n) is 2.83. The zero-order valence-corrected chi connectivity index (χ0v) is 16.6. The Kier molecular flexibility index (Phi) is 6.46. The van der Waals surface area contributed by atoms with Gasteiger partial charge in [-0.3, -0.25) is 10.4 Å². The van der Waals surface area contributed by atoms with Crippen LogP contribution in [0.5, 0.6) is 5.75 Å². The monoisotopic (exact) mass is 385 g/mol. The SMILES string of the molecule is CC=N/C=C(\C=C/C)c1cc(C2=NNNN2)ccc1C#Cc1ccc(O)cc1C. The van der Waals surface area contributed by atoms with Crippen LogP contribution in [0.3, 0.4) is 0 Å². The van der Waals surface area contributed by atoms with Crippen LogP contribution in [0.1, 0.15) is 41.7 Å². The molecule has 0 aliphatic carbocycles. The van der Waals surface area contributed by atoms with Gasteiger partial charge in [0.2, 0.25) is 0 Å². The van der Waals surface area contributed by atoms with Gasteiger partial charge in [-0.2, -0.15) is 0 Å².